The van der Waals surface area contributed by atoms with E-state index in [1.807, 2.05) is 19.1 Å². The van der Waals surface area contributed by atoms with Crippen molar-refractivity contribution in [3.05, 3.63) is 47.1 Å². The van der Waals surface area contributed by atoms with Crippen molar-refractivity contribution in [2.24, 2.45) is 23.5 Å². The molecule has 0 aromatic heterocycles. The predicted molar refractivity (Wildman–Crippen MR) is 150 cm³/mol. The molecule has 216 valence electrons. The Bertz CT molecular complexity index is 1060. The van der Waals surface area contributed by atoms with Gasteiger partial charge in [0, 0.05) is 19.3 Å². The van der Waals surface area contributed by atoms with Gasteiger partial charge in [0.2, 0.25) is 0 Å². The van der Waals surface area contributed by atoms with Gasteiger partial charge in [0.1, 0.15) is 23.7 Å². The molecule has 1 spiro atoms. The van der Waals surface area contributed by atoms with Crippen molar-refractivity contribution < 1.29 is 28.8 Å². The number of hydrogen-bond acceptors (Lipinski definition) is 7. The first-order valence-electron chi connectivity index (χ1n) is 14.9. The molecule has 0 unspecified atom stereocenters. The molecule has 0 aromatic rings. The Hall–Kier alpha value is -1.77. The van der Waals surface area contributed by atoms with Crippen LogP contribution in [-0.4, -0.2) is 59.5 Å². The number of fused-ring (bicyclic) bond motifs is 2. The zero-order valence-electron chi connectivity index (χ0n) is 24.2. The number of aliphatic hydroxyl groups is 1. The molecule has 0 amide bonds. The Morgan fingerprint density at radius 2 is 1.97 bits per heavy atom. The van der Waals surface area contributed by atoms with Crippen LogP contribution in [0.5, 0.6) is 0 Å². The number of carbonyl (C=O) groups is 1. The van der Waals surface area contributed by atoms with Gasteiger partial charge in [0.05, 0.1) is 24.9 Å². The molecular formula is C32H47NO6. The number of rotatable bonds is 1. The first-order chi connectivity index (χ1) is 18.5. The van der Waals surface area contributed by atoms with Gasteiger partial charge in [-0.2, -0.15) is 0 Å². The van der Waals surface area contributed by atoms with Crippen LogP contribution in [0.2, 0.25) is 0 Å². The maximum absolute atomic E-state index is 13.9. The van der Waals surface area contributed by atoms with E-state index in [4.69, 9.17) is 24.7 Å². The van der Waals surface area contributed by atoms with Gasteiger partial charge in [-0.15, -0.1) is 0 Å². The van der Waals surface area contributed by atoms with Crippen molar-refractivity contribution in [3.63, 3.8) is 0 Å². The van der Waals surface area contributed by atoms with Gasteiger partial charge in [0.15, 0.2) is 5.79 Å². The second kappa shape index (κ2) is 11.2. The van der Waals surface area contributed by atoms with Crippen LogP contribution in [0.1, 0.15) is 79.6 Å². The summed E-state index contributed by atoms with van der Waals surface area (Å²) in [6, 6.07) is -0.495. The SMILES string of the molecule is CC[C@H]1O[C@]2(CC[C@@H]1C)C[C@@H]1C[C@@H](C/C=C(\C)C[C@@H](C)/C=C/C=C3\CO[C@@H]4[C@H](N)C(C)=C[C@@H](C(=O)O1)[C@]34O)O2. The third kappa shape index (κ3) is 5.58. The van der Waals surface area contributed by atoms with E-state index in [0.29, 0.717) is 30.3 Å². The normalized spacial score (nSPS) is 48.7. The highest BCUT2D eigenvalue weighted by Gasteiger charge is 2.59. The van der Waals surface area contributed by atoms with Crippen molar-refractivity contribution in [3.8, 4) is 0 Å². The molecule has 3 fully saturated rings. The summed E-state index contributed by atoms with van der Waals surface area (Å²) in [4.78, 5) is 13.9. The summed E-state index contributed by atoms with van der Waals surface area (Å²) in [6.45, 7) is 10.8. The highest BCUT2D eigenvalue weighted by atomic mass is 16.7. The molecule has 0 saturated carbocycles. The maximum atomic E-state index is 13.9. The minimum atomic E-state index is -1.55. The summed E-state index contributed by atoms with van der Waals surface area (Å²) in [6.07, 6.45) is 14.5. The fraction of sp³-hybridized carbons (Fsp3) is 0.719. The molecule has 0 radical (unpaired) electrons. The summed E-state index contributed by atoms with van der Waals surface area (Å²) in [5.74, 6) is -1.32. The molecular weight excluding hydrogens is 494 g/mol. The van der Waals surface area contributed by atoms with E-state index in [1.165, 1.54) is 5.57 Å². The minimum absolute atomic E-state index is 0.116. The average Bonchev–Trinajstić information content (AvgIpc) is 3.23. The van der Waals surface area contributed by atoms with Gasteiger partial charge >= 0.3 is 5.97 Å². The lowest BCUT2D eigenvalue weighted by molar-refractivity contribution is -0.335. The first kappa shape index (κ1) is 28.7. The van der Waals surface area contributed by atoms with Gasteiger partial charge in [-0.05, 0) is 56.9 Å². The van der Waals surface area contributed by atoms with Crippen LogP contribution in [0.4, 0.5) is 0 Å². The minimum Gasteiger partial charge on any atom is -0.462 e. The third-order valence-corrected chi connectivity index (χ3v) is 9.60. The maximum Gasteiger partial charge on any atom is 0.316 e. The first-order valence-corrected chi connectivity index (χ1v) is 14.9. The summed E-state index contributed by atoms with van der Waals surface area (Å²) >= 11 is 0. The van der Waals surface area contributed by atoms with Crippen molar-refractivity contribution in [1.29, 1.82) is 0 Å². The third-order valence-electron chi connectivity index (χ3n) is 9.60. The molecule has 0 aromatic carbocycles. The fourth-order valence-electron chi connectivity index (χ4n) is 7.28. The summed E-state index contributed by atoms with van der Waals surface area (Å²) in [5, 5.41) is 12.1. The lowest BCUT2D eigenvalue weighted by atomic mass is 9.70. The van der Waals surface area contributed by atoms with Crippen LogP contribution >= 0.6 is 0 Å². The van der Waals surface area contributed by atoms with E-state index in [1.54, 1.807) is 6.08 Å². The Labute approximate surface area is 233 Å². The number of hydrogen-bond donors (Lipinski definition) is 2. The zero-order chi connectivity index (χ0) is 27.9. The molecule has 39 heavy (non-hydrogen) atoms. The topological polar surface area (TPSA) is 100 Å². The summed E-state index contributed by atoms with van der Waals surface area (Å²) in [7, 11) is 0. The van der Waals surface area contributed by atoms with Gasteiger partial charge in [-0.1, -0.05) is 62.3 Å². The molecule has 4 heterocycles. The molecule has 10 atom stereocenters. The monoisotopic (exact) mass is 541 g/mol. The van der Waals surface area contributed by atoms with Crippen LogP contribution in [0, 0.1) is 17.8 Å². The van der Waals surface area contributed by atoms with Crippen molar-refractivity contribution in [2.75, 3.05) is 6.61 Å². The van der Waals surface area contributed by atoms with Crippen molar-refractivity contribution in [2.45, 2.75) is 121 Å². The fourth-order valence-corrected chi connectivity index (χ4v) is 7.28. The molecule has 3 N–H and O–H groups in total. The van der Waals surface area contributed by atoms with E-state index >= 15 is 0 Å². The Morgan fingerprint density at radius 1 is 1.18 bits per heavy atom. The lowest BCUT2D eigenvalue weighted by Gasteiger charge is -2.50. The Morgan fingerprint density at radius 3 is 2.74 bits per heavy atom. The van der Waals surface area contributed by atoms with E-state index < -0.39 is 35.4 Å². The second-order valence-corrected chi connectivity index (χ2v) is 12.7. The number of nitrogens with two attached hydrogens (primary N) is 1. The largest absolute Gasteiger partial charge is 0.462 e. The quantitative estimate of drug-likeness (QED) is 0.360. The van der Waals surface area contributed by atoms with Gasteiger partial charge in [-0.25, -0.2) is 0 Å². The van der Waals surface area contributed by atoms with Gasteiger partial charge < -0.3 is 29.8 Å². The Balaban J connectivity index is 1.51. The predicted octanol–water partition coefficient (Wildman–Crippen LogP) is 4.89. The molecule has 1 aliphatic carbocycles. The molecule has 7 nitrogen and oxygen atoms in total. The standard InChI is InChI=1S/C32H47NO6/c1-6-27-21(4)12-13-31(39-27)17-25-16-24(38-31)11-10-20(3)14-19(2)8-7-9-23-18-36-29-28(33)22(5)15-26(30(34)37-25)32(23,29)35/h7-10,15,19,21,24-29,35H,6,11-14,16-18,33H2,1-5H3/b8-7+,20-10+,23-9+/t19-,21-,24+,25-,26-,27+,28+,29+,31+,32+/m0/s1. The van der Waals surface area contributed by atoms with Crippen LogP contribution < -0.4 is 5.73 Å². The van der Waals surface area contributed by atoms with Crippen molar-refractivity contribution >= 4 is 5.97 Å². The van der Waals surface area contributed by atoms with Gasteiger partial charge in [0.25, 0.3) is 0 Å². The molecule has 3 saturated heterocycles. The van der Waals surface area contributed by atoms with Crippen LogP contribution in [0.3, 0.4) is 0 Å². The average molecular weight is 542 g/mol. The number of allylic oxidation sites excluding steroid dienone is 4. The van der Waals surface area contributed by atoms with E-state index in [-0.39, 0.29) is 24.9 Å². The molecule has 4 aliphatic heterocycles. The zero-order valence-corrected chi connectivity index (χ0v) is 24.2. The summed E-state index contributed by atoms with van der Waals surface area (Å²) < 4.78 is 25.6. The van der Waals surface area contributed by atoms with E-state index in [2.05, 4.69) is 39.8 Å². The molecule has 5 rings (SSSR count). The van der Waals surface area contributed by atoms with Gasteiger partial charge in [-0.3, -0.25) is 4.79 Å². The van der Waals surface area contributed by atoms with Crippen LogP contribution in [0.25, 0.3) is 0 Å². The highest BCUT2D eigenvalue weighted by molar-refractivity contribution is 5.78. The second-order valence-electron chi connectivity index (χ2n) is 12.7. The van der Waals surface area contributed by atoms with E-state index in [0.717, 1.165) is 37.7 Å². The lowest BCUT2D eigenvalue weighted by Crippen LogP contribution is -2.60. The molecule has 7 heteroatoms. The van der Waals surface area contributed by atoms with E-state index in [9.17, 15) is 9.90 Å². The highest BCUT2D eigenvalue weighted by Crippen LogP contribution is 2.47. The van der Waals surface area contributed by atoms with Crippen LogP contribution in [-0.2, 0) is 23.7 Å². The molecule has 2 bridgehead atoms. The Kier molecular flexibility index (Phi) is 8.29. The number of ether oxygens (including phenoxy) is 4. The smallest absolute Gasteiger partial charge is 0.316 e. The summed E-state index contributed by atoms with van der Waals surface area (Å²) in [5.41, 5.74) is 7.69. The van der Waals surface area contributed by atoms with Crippen molar-refractivity contribution in [1.82, 2.24) is 0 Å². The number of esters is 1. The number of carbonyl (C=O) groups excluding carboxylic acids is 1. The van der Waals surface area contributed by atoms with Crippen LogP contribution in [0.15, 0.2) is 47.1 Å². The molecule has 5 aliphatic rings.